The molecular weight excluding hydrogens is 448 g/mol. The van der Waals surface area contributed by atoms with Gasteiger partial charge in [0.15, 0.2) is 17.8 Å². The molecule has 2 aliphatic heterocycles. The van der Waals surface area contributed by atoms with Gasteiger partial charge >= 0.3 is 0 Å². The maximum atomic E-state index is 12.8. The number of carbonyl (C=O) groups excluding carboxylic acids is 1. The van der Waals surface area contributed by atoms with Crippen LogP contribution in [0, 0.1) is 0 Å². The monoisotopic (exact) mass is 474 g/mol. The smallest absolute Gasteiger partial charge is 0.198 e. The Hall–Kier alpha value is -3.51. The first-order valence-electron chi connectivity index (χ1n) is 11.5. The van der Waals surface area contributed by atoms with E-state index in [9.17, 15) is 4.79 Å². The molecule has 5 rings (SSSR count). The van der Waals surface area contributed by atoms with E-state index >= 15 is 0 Å². The number of carbonyl (C=O) groups is 1. The zero-order valence-electron chi connectivity index (χ0n) is 19.3. The summed E-state index contributed by atoms with van der Waals surface area (Å²) in [6.45, 7) is 3.71. The van der Waals surface area contributed by atoms with E-state index in [2.05, 4.69) is 29.2 Å². The molecule has 1 atom stereocenters. The zero-order valence-corrected chi connectivity index (χ0v) is 20.1. The molecule has 0 N–H and O–H groups in total. The third-order valence-corrected chi connectivity index (χ3v) is 6.58. The largest absolute Gasteiger partial charge is 0.496 e. The van der Waals surface area contributed by atoms with Crippen LogP contribution in [0.3, 0.4) is 0 Å². The molecule has 0 unspecified atom stereocenters. The molecular formula is C27H27ClN4O2. The van der Waals surface area contributed by atoms with Gasteiger partial charge in [-0.1, -0.05) is 29.8 Å². The molecule has 0 bridgehead atoms. The summed E-state index contributed by atoms with van der Waals surface area (Å²) in [6.07, 6.45) is 2.04. The Morgan fingerprint density at radius 1 is 0.912 bits per heavy atom. The summed E-state index contributed by atoms with van der Waals surface area (Å²) in [4.78, 5) is 17.2. The van der Waals surface area contributed by atoms with E-state index in [1.165, 1.54) is 18.5 Å². The van der Waals surface area contributed by atoms with Gasteiger partial charge in [-0.15, -0.1) is 5.10 Å². The number of anilines is 3. The molecule has 2 aliphatic rings. The van der Waals surface area contributed by atoms with Gasteiger partial charge in [-0.3, -0.25) is 9.69 Å². The molecule has 1 fully saturated rings. The number of methoxy groups -OCH3 is 1. The number of amidine groups is 1. The van der Waals surface area contributed by atoms with E-state index in [4.69, 9.17) is 21.4 Å². The van der Waals surface area contributed by atoms with E-state index in [1.807, 2.05) is 58.4 Å². The highest BCUT2D eigenvalue weighted by Crippen LogP contribution is 2.42. The van der Waals surface area contributed by atoms with Gasteiger partial charge in [-0.25, -0.2) is 5.01 Å². The van der Waals surface area contributed by atoms with Crippen molar-refractivity contribution in [3.8, 4) is 5.75 Å². The lowest BCUT2D eigenvalue weighted by atomic mass is 10.1. The molecule has 34 heavy (non-hydrogen) atoms. The fraction of sp³-hybridized carbons (Fsp3) is 0.259. The standard InChI is InChI=1S/C27H27ClN4O2/c1-19(33)26-29-32(23-11-9-20(28)10-12-23)27(24-7-3-4-8-25(24)34-2)31(26)22-15-13-21(14-16-22)30-17-5-6-18-30/h3-4,7-16,27H,5-6,17-18H2,1-2H3/t27-/m0/s1. The molecule has 7 heteroatoms. The van der Waals surface area contributed by atoms with Crippen LogP contribution in [0.1, 0.15) is 31.5 Å². The Morgan fingerprint density at radius 2 is 1.53 bits per heavy atom. The summed E-state index contributed by atoms with van der Waals surface area (Å²) in [5.74, 6) is 0.991. The summed E-state index contributed by atoms with van der Waals surface area (Å²) < 4.78 is 5.71. The van der Waals surface area contributed by atoms with Crippen LogP contribution < -0.4 is 19.5 Å². The van der Waals surface area contributed by atoms with Crippen LogP contribution in [0.4, 0.5) is 17.1 Å². The van der Waals surface area contributed by atoms with Crippen molar-refractivity contribution in [3.63, 3.8) is 0 Å². The number of ketones is 1. The van der Waals surface area contributed by atoms with Crippen LogP contribution >= 0.6 is 11.6 Å². The van der Waals surface area contributed by atoms with Crippen molar-refractivity contribution in [2.45, 2.75) is 25.9 Å². The predicted molar refractivity (Wildman–Crippen MR) is 138 cm³/mol. The van der Waals surface area contributed by atoms with Gasteiger partial charge in [-0.2, -0.15) is 0 Å². The van der Waals surface area contributed by atoms with Gasteiger partial charge in [0.05, 0.1) is 12.8 Å². The van der Waals surface area contributed by atoms with Crippen LogP contribution in [0.15, 0.2) is 77.9 Å². The second-order valence-electron chi connectivity index (χ2n) is 8.50. The van der Waals surface area contributed by atoms with Gasteiger partial charge in [0, 0.05) is 42.0 Å². The van der Waals surface area contributed by atoms with Crippen molar-refractivity contribution in [3.05, 3.63) is 83.4 Å². The van der Waals surface area contributed by atoms with Crippen molar-refractivity contribution in [1.29, 1.82) is 0 Å². The van der Waals surface area contributed by atoms with E-state index in [1.54, 1.807) is 14.0 Å². The first-order valence-corrected chi connectivity index (χ1v) is 11.9. The number of ether oxygens (including phenoxy) is 1. The number of hydrazone groups is 1. The van der Waals surface area contributed by atoms with Gasteiger partial charge in [0.25, 0.3) is 0 Å². The van der Waals surface area contributed by atoms with Crippen molar-refractivity contribution < 1.29 is 9.53 Å². The van der Waals surface area contributed by atoms with E-state index in [0.717, 1.165) is 35.8 Å². The highest BCUT2D eigenvalue weighted by Gasteiger charge is 2.40. The molecule has 0 aromatic heterocycles. The summed E-state index contributed by atoms with van der Waals surface area (Å²) in [6, 6.07) is 23.7. The fourth-order valence-corrected chi connectivity index (χ4v) is 4.80. The Kier molecular flexibility index (Phi) is 6.16. The van der Waals surface area contributed by atoms with Gasteiger partial charge in [0.1, 0.15) is 5.75 Å². The molecule has 0 spiro atoms. The first kappa shape index (κ1) is 22.3. The second-order valence-corrected chi connectivity index (χ2v) is 8.93. The molecule has 0 aliphatic carbocycles. The van der Waals surface area contributed by atoms with Crippen molar-refractivity contribution in [2.24, 2.45) is 5.10 Å². The number of rotatable bonds is 6. The number of para-hydroxylation sites is 1. The van der Waals surface area contributed by atoms with E-state index < -0.39 is 6.17 Å². The molecule has 0 radical (unpaired) electrons. The predicted octanol–water partition coefficient (Wildman–Crippen LogP) is 5.88. The lowest BCUT2D eigenvalue weighted by Gasteiger charge is -2.33. The molecule has 0 amide bonds. The van der Waals surface area contributed by atoms with Crippen LogP contribution in [-0.4, -0.2) is 31.8 Å². The highest BCUT2D eigenvalue weighted by atomic mass is 35.5. The highest BCUT2D eigenvalue weighted by molar-refractivity contribution is 6.44. The normalized spacial score (nSPS) is 17.8. The first-order chi connectivity index (χ1) is 16.6. The van der Waals surface area contributed by atoms with Crippen LogP contribution in [0.25, 0.3) is 0 Å². The van der Waals surface area contributed by atoms with Crippen LogP contribution in [-0.2, 0) is 4.79 Å². The Morgan fingerprint density at radius 3 is 2.18 bits per heavy atom. The van der Waals surface area contributed by atoms with Gasteiger partial charge in [-0.05, 0) is 67.4 Å². The lowest BCUT2D eigenvalue weighted by Crippen LogP contribution is -2.38. The topological polar surface area (TPSA) is 48.4 Å². The SMILES string of the molecule is COc1ccccc1[C@@H]1N(c2ccc(Cl)cc2)N=C(C(C)=O)N1c1ccc(N2CCCC2)cc1. The number of Topliss-reactive ketones (excluding diaryl/α,β-unsaturated/α-hetero) is 1. The molecule has 0 saturated carbocycles. The second kappa shape index (κ2) is 9.39. The maximum absolute atomic E-state index is 12.8. The van der Waals surface area contributed by atoms with Crippen molar-refractivity contribution >= 4 is 40.3 Å². The quantitative estimate of drug-likeness (QED) is 0.446. The number of nitrogens with zero attached hydrogens (tertiary/aromatic N) is 4. The van der Waals surface area contributed by atoms with E-state index in [0.29, 0.717) is 10.9 Å². The summed E-state index contributed by atoms with van der Waals surface area (Å²) >= 11 is 6.15. The molecule has 2 heterocycles. The van der Waals surface area contributed by atoms with Crippen molar-refractivity contribution in [1.82, 2.24) is 0 Å². The Labute approximate surface area is 205 Å². The van der Waals surface area contributed by atoms with Crippen LogP contribution in [0.5, 0.6) is 5.75 Å². The summed E-state index contributed by atoms with van der Waals surface area (Å²) in [5.41, 5.74) is 3.83. The molecule has 174 valence electrons. The van der Waals surface area contributed by atoms with Gasteiger partial charge < -0.3 is 9.64 Å². The van der Waals surface area contributed by atoms with Gasteiger partial charge in [0.2, 0.25) is 0 Å². The number of hydrogen-bond acceptors (Lipinski definition) is 6. The Balaban J connectivity index is 1.63. The number of benzene rings is 3. The average molecular weight is 475 g/mol. The summed E-state index contributed by atoms with van der Waals surface area (Å²) in [5, 5.41) is 7.30. The molecule has 1 saturated heterocycles. The average Bonchev–Trinajstić information content (AvgIpc) is 3.53. The zero-order chi connectivity index (χ0) is 23.7. The van der Waals surface area contributed by atoms with E-state index in [-0.39, 0.29) is 5.78 Å². The van der Waals surface area contributed by atoms with Crippen molar-refractivity contribution in [2.75, 3.05) is 35.0 Å². The molecule has 6 nitrogen and oxygen atoms in total. The maximum Gasteiger partial charge on any atom is 0.198 e. The number of hydrogen-bond donors (Lipinski definition) is 0. The third-order valence-electron chi connectivity index (χ3n) is 6.33. The molecule has 3 aromatic carbocycles. The number of halogens is 1. The Bertz CT molecular complexity index is 1200. The minimum absolute atomic E-state index is 0.111. The minimum Gasteiger partial charge on any atom is -0.496 e. The lowest BCUT2D eigenvalue weighted by molar-refractivity contribution is -0.111. The summed E-state index contributed by atoms with van der Waals surface area (Å²) in [7, 11) is 1.66. The molecule has 3 aromatic rings. The third kappa shape index (κ3) is 4.10. The fourth-order valence-electron chi connectivity index (χ4n) is 4.68. The minimum atomic E-state index is -0.408. The van der Waals surface area contributed by atoms with Crippen LogP contribution in [0.2, 0.25) is 5.02 Å².